The lowest BCUT2D eigenvalue weighted by atomic mass is 9.89. The first-order chi connectivity index (χ1) is 19.1. The molecule has 0 aliphatic carbocycles. The molecule has 3 fully saturated rings. The first-order valence-corrected chi connectivity index (χ1v) is 16.6. The van der Waals surface area contributed by atoms with Crippen molar-refractivity contribution in [3.05, 3.63) is 53.0 Å². The molecule has 9 nitrogen and oxygen atoms in total. The number of nitrogens with zero attached hydrogens (tertiary/aromatic N) is 6. The van der Waals surface area contributed by atoms with Crippen LogP contribution in [0.25, 0.3) is 0 Å². The maximum absolute atomic E-state index is 13.6. The van der Waals surface area contributed by atoms with E-state index in [2.05, 4.69) is 51.0 Å². The van der Waals surface area contributed by atoms with Crippen LogP contribution in [0.3, 0.4) is 0 Å². The van der Waals surface area contributed by atoms with Crippen molar-refractivity contribution in [2.75, 3.05) is 57.5 Å². The number of benzene rings is 1. The van der Waals surface area contributed by atoms with Gasteiger partial charge in [0.1, 0.15) is 17.8 Å². The van der Waals surface area contributed by atoms with Crippen molar-refractivity contribution in [1.82, 2.24) is 24.1 Å². The van der Waals surface area contributed by atoms with Crippen molar-refractivity contribution < 1.29 is 13.2 Å². The Morgan fingerprint density at radius 3 is 2.10 bits per heavy atom. The molecule has 1 aromatic heterocycles. The second-order valence-corrected chi connectivity index (χ2v) is 14.0. The van der Waals surface area contributed by atoms with Crippen molar-refractivity contribution in [2.45, 2.75) is 70.4 Å². The van der Waals surface area contributed by atoms with Crippen LogP contribution in [0.15, 0.2) is 30.6 Å². The predicted molar refractivity (Wildman–Crippen MR) is 158 cm³/mol. The number of aryl methyl sites for hydroxylation is 1. The Kier molecular flexibility index (Phi) is 8.78. The molecule has 0 unspecified atom stereocenters. The molecule has 4 heterocycles. The number of anilines is 1. The Bertz CT molecular complexity index is 1280. The monoisotopic (exact) mass is 568 g/mol. The highest BCUT2D eigenvalue weighted by Crippen LogP contribution is 2.32. The average molecular weight is 569 g/mol. The lowest BCUT2D eigenvalue weighted by Crippen LogP contribution is -2.52. The quantitative estimate of drug-likeness (QED) is 0.527. The molecule has 218 valence electrons. The Morgan fingerprint density at radius 1 is 0.875 bits per heavy atom. The number of amides is 1. The summed E-state index contributed by atoms with van der Waals surface area (Å²) in [6, 6.07) is 9.41. The Hall–Kier alpha value is -2.56. The first kappa shape index (κ1) is 29.0. The Balaban J connectivity index is 1.14. The van der Waals surface area contributed by atoms with Gasteiger partial charge in [0.2, 0.25) is 10.0 Å². The summed E-state index contributed by atoms with van der Waals surface area (Å²) in [5.74, 6) is 1.45. The van der Waals surface area contributed by atoms with E-state index in [1.807, 2.05) is 11.8 Å². The third-order valence-electron chi connectivity index (χ3n) is 9.41. The Labute approximate surface area is 239 Å². The molecule has 10 heteroatoms. The summed E-state index contributed by atoms with van der Waals surface area (Å²) in [6.07, 6.45) is 8.55. The maximum atomic E-state index is 13.6. The summed E-state index contributed by atoms with van der Waals surface area (Å²) in [6.45, 7) is 9.19. The first-order valence-electron chi connectivity index (χ1n) is 14.7. The molecule has 0 saturated carbocycles. The summed E-state index contributed by atoms with van der Waals surface area (Å²) < 4.78 is 25.3. The van der Waals surface area contributed by atoms with Crippen molar-refractivity contribution >= 4 is 21.7 Å². The van der Waals surface area contributed by atoms with Gasteiger partial charge in [-0.15, -0.1) is 0 Å². The van der Waals surface area contributed by atoms with Gasteiger partial charge in [0.25, 0.3) is 5.91 Å². The number of likely N-dealkylation sites (tertiary alicyclic amines) is 2. The normalized spacial score (nSPS) is 20.8. The summed E-state index contributed by atoms with van der Waals surface area (Å²) in [4.78, 5) is 29.4. The number of sulfonamides is 1. The molecule has 40 heavy (non-hydrogen) atoms. The molecule has 0 bridgehead atoms. The van der Waals surface area contributed by atoms with Gasteiger partial charge in [-0.3, -0.25) is 4.79 Å². The van der Waals surface area contributed by atoms with Crippen LogP contribution in [0.4, 0.5) is 5.82 Å². The maximum Gasteiger partial charge on any atom is 0.272 e. The highest BCUT2D eigenvalue weighted by Gasteiger charge is 2.33. The molecule has 5 rings (SSSR count). The van der Waals surface area contributed by atoms with Gasteiger partial charge in [-0.05, 0) is 76.9 Å². The van der Waals surface area contributed by atoms with Crippen LogP contribution in [-0.4, -0.2) is 103 Å². The van der Waals surface area contributed by atoms with E-state index in [1.165, 1.54) is 21.7 Å². The van der Waals surface area contributed by atoms with E-state index < -0.39 is 10.0 Å². The van der Waals surface area contributed by atoms with E-state index in [4.69, 9.17) is 0 Å². The number of carbonyl (C=O) groups excluding carboxylic acids is 1. The van der Waals surface area contributed by atoms with Crippen LogP contribution in [-0.2, 0) is 10.0 Å². The number of hydrogen-bond acceptors (Lipinski definition) is 7. The standard InChI is InChI=1S/C30H44N6O3S/c1-22-5-7-24(8-6-22)25-9-15-35(16-10-25)29-23(2)28(31-21-32-29)30(37)36-19-13-27(14-20-36)34-17-11-26(12-18-34)33(3)40(4,38)39/h5-8,21,25-27H,9-20H2,1-4H3. The topological polar surface area (TPSA) is 90.0 Å². The molecule has 3 aliphatic heterocycles. The molecule has 2 aromatic rings. The minimum absolute atomic E-state index is 0.00243. The molecule has 3 saturated heterocycles. The summed E-state index contributed by atoms with van der Waals surface area (Å²) in [5, 5.41) is 0. The largest absolute Gasteiger partial charge is 0.356 e. The number of hydrogen-bond donors (Lipinski definition) is 0. The Morgan fingerprint density at radius 2 is 1.50 bits per heavy atom. The van der Waals surface area contributed by atoms with Gasteiger partial charge >= 0.3 is 0 Å². The lowest BCUT2D eigenvalue weighted by molar-refractivity contribution is 0.0542. The summed E-state index contributed by atoms with van der Waals surface area (Å²) >= 11 is 0. The fraction of sp³-hybridized carbons (Fsp3) is 0.633. The van der Waals surface area contributed by atoms with E-state index in [1.54, 1.807) is 13.4 Å². The van der Waals surface area contributed by atoms with Crippen LogP contribution in [0.5, 0.6) is 0 Å². The van der Waals surface area contributed by atoms with E-state index in [9.17, 15) is 13.2 Å². The predicted octanol–water partition coefficient (Wildman–Crippen LogP) is 3.44. The summed E-state index contributed by atoms with van der Waals surface area (Å²) in [7, 11) is -1.47. The van der Waals surface area contributed by atoms with Crippen LogP contribution < -0.4 is 4.90 Å². The third kappa shape index (κ3) is 6.34. The van der Waals surface area contributed by atoms with Gasteiger partial charge in [-0.25, -0.2) is 22.7 Å². The number of aromatic nitrogens is 2. The van der Waals surface area contributed by atoms with Crippen LogP contribution in [0, 0.1) is 13.8 Å². The molecule has 0 N–H and O–H groups in total. The van der Waals surface area contributed by atoms with Crippen molar-refractivity contribution in [3.63, 3.8) is 0 Å². The van der Waals surface area contributed by atoms with Gasteiger partial charge in [-0.2, -0.15) is 0 Å². The minimum atomic E-state index is -3.16. The van der Waals surface area contributed by atoms with Gasteiger partial charge in [0.15, 0.2) is 0 Å². The van der Waals surface area contributed by atoms with E-state index in [-0.39, 0.29) is 11.9 Å². The summed E-state index contributed by atoms with van der Waals surface area (Å²) in [5.41, 5.74) is 4.10. The van der Waals surface area contributed by atoms with Crippen LogP contribution in [0.2, 0.25) is 0 Å². The van der Waals surface area contributed by atoms with Crippen LogP contribution in [0.1, 0.15) is 71.6 Å². The second kappa shape index (κ2) is 12.1. The van der Waals surface area contributed by atoms with Crippen LogP contribution >= 0.6 is 0 Å². The van der Waals surface area contributed by atoms with Gasteiger partial charge in [0, 0.05) is 50.9 Å². The zero-order valence-electron chi connectivity index (χ0n) is 24.4. The molecule has 3 aliphatic rings. The van der Waals surface area contributed by atoms with Crippen molar-refractivity contribution in [2.24, 2.45) is 0 Å². The molecular formula is C30H44N6O3S. The molecule has 1 aromatic carbocycles. The van der Waals surface area contributed by atoms with Crippen molar-refractivity contribution in [3.8, 4) is 0 Å². The third-order valence-corrected chi connectivity index (χ3v) is 10.8. The zero-order valence-corrected chi connectivity index (χ0v) is 25.2. The average Bonchev–Trinajstić information content (AvgIpc) is 2.97. The van der Waals surface area contributed by atoms with Crippen molar-refractivity contribution in [1.29, 1.82) is 0 Å². The van der Waals surface area contributed by atoms with Gasteiger partial charge in [-0.1, -0.05) is 29.8 Å². The van der Waals surface area contributed by atoms with Gasteiger partial charge < -0.3 is 14.7 Å². The highest BCUT2D eigenvalue weighted by atomic mass is 32.2. The fourth-order valence-corrected chi connectivity index (χ4v) is 7.46. The fourth-order valence-electron chi connectivity index (χ4n) is 6.71. The number of carbonyl (C=O) groups is 1. The minimum Gasteiger partial charge on any atom is -0.356 e. The molecule has 0 spiro atoms. The lowest BCUT2D eigenvalue weighted by Gasteiger charge is -2.43. The smallest absolute Gasteiger partial charge is 0.272 e. The zero-order chi connectivity index (χ0) is 28.4. The number of rotatable bonds is 6. The molecule has 0 atom stereocenters. The number of piperidine rings is 3. The van der Waals surface area contributed by atoms with E-state index in [0.717, 1.165) is 76.1 Å². The molecular weight excluding hydrogens is 524 g/mol. The van der Waals surface area contributed by atoms with E-state index in [0.29, 0.717) is 30.7 Å². The van der Waals surface area contributed by atoms with Gasteiger partial charge in [0.05, 0.1) is 6.26 Å². The second-order valence-electron chi connectivity index (χ2n) is 11.9. The highest BCUT2D eigenvalue weighted by molar-refractivity contribution is 7.88. The molecule has 1 amide bonds. The van der Waals surface area contributed by atoms with E-state index >= 15 is 0 Å². The SMILES string of the molecule is Cc1ccc(C2CCN(c3ncnc(C(=O)N4CCC(N5CCC(N(C)S(C)(=O)=O)CC5)CC4)c3C)CC2)cc1. The molecule has 0 radical (unpaired) electrons.